The molecule has 5 nitrogen and oxygen atoms in total. The number of carboxylic acids is 1. The highest BCUT2D eigenvalue weighted by atomic mass is 32.2. The van der Waals surface area contributed by atoms with E-state index in [1.54, 1.807) is 0 Å². The molecule has 0 unspecified atom stereocenters. The number of aromatic carboxylic acids is 1. The fourth-order valence-electron chi connectivity index (χ4n) is 2.24. The highest BCUT2D eigenvalue weighted by Gasteiger charge is 2.29. The quantitative estimate of drug-likeness (QED) is 0.905. The molecule has 0 aliphatic heterocycles. The summed E-state index contributed by atoms with van der Waals surface area (Å²) in [4.78, 5) is 14.4. The van der Waals surface area contributed by atoms with Crippen molar-refractivity contribution in [3.63, 3.8) is 0 Å². The van der Waals surface area contributed by atoms with Crippen LogP contribution in [0.5, 0.6) is 0 Å². The van der Waals surface area contributed by atoms with Crippen molar-refractivity contribution in [2.75, 3.05) is 0 Å². The van der Waals surface area contributed by atoms with Gasteiger partial charge in [0, 0.05) is 6.20 Å². The lowest BCUT2D eigenvalue weighted by molar-refractivity contribution is 0.0690. The van der Waals surface area contributed by atoms with Gasteiger partial charge in [0.05, 0.1) is 10.1 Å². The number of carbonyl (C=O) groups is 1. The first-order valence-electron chi connectivity index (χ1n) is 5.95. The van der Waals surface area contributed by atoms with Gasteiger partial charge in [0.2, 0.25) is 0 Å². The number of sulfone groups is 1. The van der Waals surface area contributed by atoms with Crippen LogP contribution in [0.4, 0.5) is 0 Å². The lowest BCUT2D eigenvalue weighted by atomic mass is 10.0. The molecule has 1 fully saturated rings. The van der Waals surface area contributed by atoms with Crippen molar-refractivity contribution in [1.82, 2.24) is 4.98 Å². The minimum absolute atomic E-state index is 0.124. The Morgan fingerprint density at radius 1 is 1.22 bits per heavy atom. The highest BCUT2D eigenvalue weighted by Crippen LogP contribution is 2.28. The van der Waals surface area contributed by atoms with E-state index in [1.165, 1.54) is 12.1 Å². The van der Waals surface area contributed by atoms with Gasteiger partial charge in [-0.3, -0.25) is 0 Å². The second kappa shape index (κ2) is 5.06. The van der Waals surface area contributed by atoms with Gasteiger partial charge in [-0.25, -0.2) is 18.2 Å². The van der Waals surface area contributed by atoms with E-state index in [9.17, 15) is 13.2 Å². The Hall–Kier alpha value is -1.43. The summed E-state index contributed by atoms with van der Waals surface area (Å²) in [6.45, 7) is 0. The van der Waals surface area contributed by atoms with Crippen molar-refractivity contribution in [2.24, 2.45) is 0 Å². The smallest absolute Gasteiger partial charge is 0.354 e. The molecule has 1 aromatic rings. The first-order valence-corrected chi connectivity index (χ1v) is 7.49. The Morgan fingerprint density at radius 2 is 1.89 bits per heavy atom. The van der Waals surface area contributed by atoms with Gasteiger partial charge in [0.1, 0.15) is 5.69 Å². The van der Waals surface area contributed by atoms with Crippen LogP contribution in [-0.4, -0.2) is 29.7 Å². The fourth-order valence-corrected chi connectivity index (χ4v) is 4.04. The molecule has 0 bridgehead atoms. The predicted octanol–water partition coefficient (Wildman–Crippen LogP) is 1.89. The molecule has 0 aromatic carbocycles. The lowest BCUT2D eigenvalue weighted by Crippen LogP contribution is -2.24. The van der Waals surface area contributed by atoms with Gasteiger partial charge < -0.3 is 5.11 Å². The summed E-state index contributed by atoms with van der Waals surface area (Å²) >= 11 is 0. The van der Waals surface area contributed by atoms with Crippen molar-refractivity contribution < 1.29 is 18.3 Å². The van der Waals surface area contributed by atoms with Crippen LogP contribution in [0.3, 0.4) is 0 Å². The number of nitrogens with zero attached hydrogens (tertiary/aromatic N) is 1. The van der Waals surface area contributed by atoms with Gasteiger partial charge >= 0.3 is 5.97 Å². The Kier molecular flexibility index (Phi) is 3.65. The summed E-state index contributed by atoms with van der Waals surface area (Å²) in [5.74, 6) is -1.16. The number of hydrogen-bond donors (Lipinski definition) is 1. The molecular formula is C12H15NO4S. The highest BCUT2D eigenvalue weighted by molar-refractivity contribution is 7.92. The van der Waals surface area contributed by atoms with Crippen LogP contribution < -0.4 is 0 Å². The molecule has 1 aromatic heterocycles. The SMILES string of the molecule is O=C(O)c1ccc(S(=O)(=O)C2CCCCC2)cn1. The molecule has 0 spiro atoms. The number of pyridine rings is 1. The normalized spacial score (nSPS) is 17.6. The zero-order valence-corrected chi connectivity index (χ0v) is 10.7. The molecule has 0 amide bonds. The maximum absolute atomic E-state index is 12.3. The second-order valence-electron chi connectivity index (χ2n) is 4.49. The van der Waals surface area contributed by atoms with E-state index < -0.39 is 15.8 Å². The van der Waals surface area contributed by atoms with E-state index in [4.69, 9.17) is 5.11 Å². The Balaban J connectivity index is 2.26. The second-order valence-corrected chi connectivity index (χ2v) is 6.72. The summed E-state index contributed by atoms with van der Waals surface area (Å²) < 4.78 is 24.6. The van der Waals surface area contributed by atoms with Crippen molar-refractivity contribution in [2.45, 2.75) is 42.2 Å². The maximum atomic E-state index is 12.3. The fraction of sp³-hybridized carbons (Fsp3) is 0.500. The summed E-state index contributed by atoms with van der Waals surface area (Å²) in [7, 11) is -3.36. The van der Waals surface area contributed by atoms with Crippen molar-refractivity contribution >= 4 is 15.8 Å². The van der Waals surface area contributed by atoms with Crippen LogP contribution in [-0.2, 0) is 9.84 Å². The molecule has 1 aliphatic carbocycles. The third-order valence-corrected chi connectivity index (χ3v) is 5.52. The molecular weight excluding hydrogens is 254 g/mol. The van der Waals surface area contributed by atoms with Gasteiger partial charge in [-0.1, -0.05) is 19.3 Å². The molecule has 1 aliphatic rings. The van der Waals surface area contributed by atoms with E-state index >= 15 is 0 Å². The molecule has 18 heavy (non-hydrogen) atoms. The monoisotopic (exact) mass is 269 g/mol. The Bertz CT molecular complexity index is 530. The van der Waals surface area contributed by atoms with Crippen LogP contribution >= 0.6 is 0 Å². The van der Waals surface area contributed by atoms with Crippen molar-refractivity contribution in [3.8, 4) is 0 Å². The minimum atomic E-state index is -3.36. The average molecular weight is 269 g/mol. The van der Waals surface area contributed by atoms with Gasteiger partial charge in [0.25, 0.3) is 0 Å². The molecule has 98 valence electrons. The summed E-state index contributed by atoms with van der Waals surface area (Å²) in [5.41, 5.74) is -0.141. The van der Waals surface area contributed by atoms with Crippen molar-refractivity contribution in [1.29, 1.82) is 0 Å². The molecule has 0 radical (unpaired) electrons. The third kappa shape index (κ3) is 2.53. The number of rotatable bonds is 3. The van der Waals surface area contributed by atoms with E-state index in [-0.39, 0.29) is 15.8 Å². The van der Waals surface area contributed by atoms with Crippen LogP contribution in [0.1, 0.15) is 42.6 Å². The average Bonchev–Trinajstić information content (AvgIpc) is 2.40. The van der Waals surface area contributed by atoms with Gasteiger partial charge in [-0.2, -0.15) is 0 Å². The topological polar surface area (TPSA) is 84.3 Å². The maximum Gasteiger partial charge on any atom is 0.354 e. The van der Waals surface area contributed by atoms with Crippen LogP contribution in [0, 0.1) is 0 Å². The molecule has 0 saturated heterocycles. The summed E-state index contributed by atoms with van der Waals surface area (Å²) in [5, 5.41) is 8.37. The van der Waals surface area contributed by atoms with Crippen LogP contribution in [0.2, 0.25) is 0 Å². The van der Waals surface area contributed by atoms with Gasteiger partial charge in [-0.15, -0.1) is 0 Å². The zero-order valence-electron chi connectivity index (χ0n) is 9.87. The Labute approximate surface area is 106 Å². The minimum Gasteiger partial charge on any atom is -0.477 e. The number of aromatic nitrogens is 1. The predicted molar refractivity (Wildman–Crippen MR) is 65.3 cm³/mol. The van der Waals surface area contributed by atoms with Crippen LogP contribution in [0.25, 0.3) is 0 Å². The molecule has 2 rings (SSSR count). The third-order valence-electron chi connectivity index (χ3n) is 3.28. The van der Waals surface area contributed by atoms with Crippen LogP contribution in [0.15, 0.2) is 23.2 Å². The first-order chi connectivity index (χ1) is 8.51. The molecule has 1 saturated carbocycles. The van der Waals surface area contributed by atoms with E-state index in [2.05, 4.69) is 4.98 Å². The molecule has 0 atom stereocenters. The number of carboxylic acid groups (broad SMARTS) is 1. The Morgan fingerprint density at radius 3 is 2.39 bits per heavy atom. The summed E-state index contributed by atoms with van der Waals surface area (Å²) in [6.07, 6.45) is 5.47. The number of hydrogen-bond acceptors (Lipinski definition) is 4. The van der Waals surface area contributed by atoms with E-state index in [0.717, 1.165) is 25.5 Å². The standard InChI is InChI=1S/C12H15NO4S/c14-12(15)11-7-6-10(8-13-11)18(16,17)9-4-2-1-3-5-9/h6-9H,1-5H2,(H,14,15). The zero-order chi connectivity index (χ0) is 13.2. The molecule has 1 heterocycles. The van der Waals surface area contributed by atoms with Crippen molar-refractivity contribution in [3.05, 3.63) is 24.0 Å². The molecule has 6 heteroatoms. The first kappa shape index (κ1) is 13.0. The summed E-state index contributed by atoms with van der Waals surface area (Å²) in [6, 6.07) is 2.57. The van der Waals surface area contributed by atoms with Gasteiger partial charge in [-0.05, 0) is 25.0 Å². The van der Waals surface area contributed by atoms with E-state index in [0.29, 0.717) is 12.8 Å². The van der Waals surface area contributed by atoms with E-state index in [1.807, 2.05) is 0 Å². The lowest BCUT2D eigenvalue weighted by Gasteiger charge is -2.21. The molecule has 1 N–H and O–H groups in total. The van der Waals surface area contributed by atoms with Gasteiger partial charge in [0.15, 0.2) is 9.84 Å². The largest absolute Gasteiger partial charge is 0.477 e.